The van der Waals surface area contributed by atoms with Crippen LogP contribution in [-0.2, 0) is 98.7 Å². The van der Waals surface area contributed by atoms with Gasteiger partial charge in [0.15, 0.2) is 0 Å². The molecule has 0 amide bonds. The third-order valence-electron chi connectivity index (χ3n) is 0.172. The Kier molecular flexibility index (Phi) is 26.0. The molecule has 0 aliphatic heterocycles. The molecule has 0 heterocycles. The molecule has 0 aromatic rings. The van der Waals surface area contributed by atoms with Crippen molar-refractivity contribution < 1.29 is 80.5 Å². The van der Waals surface area contributed by atoms with E-state index in [1.54, 1.807) is 0 Å². The summed E-state index contributed by atoms with van der Waals surface area (Å²) in [5.41, 5.74) is 0. The summed E-state index contributed by atoms with van der Waals surface area (Å²) in [6.45, 7) is 0. The van der Waals surface area contributed by atoms with Crippen LogP contribution >= 0.6 is 0 Å². The number of rotatable bonds is 2. The van der Waals surface area contributed by atoms with Crippen molar-refractivity contribution in [3.05, 3.63) is 0 Å². The topological polar surface area (TPSA) is 109 Å². The molecule has 0 atom stereocenters. The van der Waals surface area contributed by atoms with Crippen molar-refractivity contribution in [3.8, 4) is 0 Å². The van der Waals surface area contributed by atoms with Gasteiger partial charge in [-0.25, -0.2) is 0 Å². The van der Waals surface area contributed by atoms with Gasteiger partial charge in [0, 0.05) is 0 Å². The molecular formula is H2Cd2O6S4Se. The minimum atomic E-state index is -4.56. The van der Waals surface area contributed by atoms with Crippen LogP contribution in [-0.4, -0.2) is 38.7 Å². The maximum atomic E-state index is 9.69. The fourth-order valence-corrected chi connectivity index (χ4v) is 5.08. The van der Waals surface area contributed by atoms with Crippen molar-refractivity contribution in [2.75, 3.05) is 0 Å². The van der Waals surface area contributed by atoms with Gasteiger partial charge in [-0.1, -0.05) is 0 Å². The zero-order valence-corrected chi connectivity index (χ0v) is 19.0. The molecular weight excluding hydrogens is 528 g/mol. The Morgan fingerprint density at radius 1 is 0.769 bits per heavy atom. The molecule has 0 unspecified atom stereocenters. The van der Waals surface area contributed by atoms with Crippen LogP contribution in [0.3, 0.4) is 0 Å². The van der Waals surface area contributed by atoms with Crippen LogP contribution in [0.4, 0.5) is 0 Å². The molecule has 0 saturated heterocycles. The summed E-state index contributed by atoms with van der Waals surface area (Å²) in [7, 11) is -9.11. The van der Waals surface area contributed by atoms with Crippen LogP contribution in [0.2, 0.25) is 0 Å². The van der Waals surface area contributed by atoms with E-state index in [0.29, 0.717) is 0 Å². The minimum Gasteiger partial charge on any atom is -2.00 e. The van der Waals surface area contributed by atoms with Crippen molar-refractivity contribution in [2.45, 2.75) is 0 Å². The van der Waals surface area contributed by atoms with Gasteiger partial charge in [0.2, 0.25) is 0 Å². The van der Waals surface area contributed by atoms with Crippen molar-refractivity contribution in [1.29, 1.82) is 0 Å². The molecule has 0 rings (SSSR count). The predicted molar refractivity (Wildman–Crippen MR) is 43.6 cm³/mol. The molecule has 0 aromatic carbocycles. The second-order valence-electron chi connectivity index (χ2n) is 0.924. The Morgan fingerprint density at radius 3 is 0.923 bits per heavy atom. The van der Waals surface area contributed by atoms with E-state index in [2.05, 4.69) is 0 Å². The maximum absolute atomic E-state index is 9.69. The molecule has 72 valence electrons. The number of hydrogen-bond donors (Lipinski definition) is 2. The standard InChI is InChI=1S/2Cd.H2O6S2Se.2S/c;;1-7(2,3)9-8(4,5)6;;/h;;(H,1,2,3)(H,4,5,6);;/q2*+2;;2*-2. The molecule has 0 aromatic heterocycles. The van der Waals surface area contributed by atoms with E-state index in [4.69, 9.17) is 9.11 Å². The summed E-state index contributed by atoms with van der Waals surface area (Å²) in [6.07, 6.45) is 0. The van der Waals surface area contributed by atoms with E-state index in [0.717, 1.165) is 0 Å². The Balaban J connectivity index is -0.0000000533. The van der Waals surface area contributed by atoms with Gasteiger partial charge in [-0.05, 0) is 0 Å². The molecule has 2 N–H and O–H groups in total. The van der Waals surface area contributed by atoms with Crippen LogP contribution in [0.1, 0.15) is 0 Å². The van der Waals surface area contributed by atoms with Crippen molar-refractivity contribution in [3.63, 3.8) is 0 Å². The molecule has 13 heavy (non-hydrogen) atoms. The second kappa shape index (κ2) is 11.4. The summed E-state index contributed by atoms with van der Waals surface area (Å²) in [5.74, 6) is 0. The van der Waals surface area contributed by atoms with Crippen LogP contribution in [0.5, 0.6) is 0 Å². The third-order valence-corrected chi connectivity index (χ3v) is 8.04. The molecule has 6 nitrogen and oxygen atoms in total. The Labute approximate surface area is 135 Å². The average Bonchev–Trinajstić information content (AvgIpc) is 1.14. The zero-order valence-electron chi connectivity index (χ0n) is 5.98. The normalized spacial score (nSPS) is 9.38. The van der Waals surface area contributed by atoms with Crippen molar-refractivity contribution in [2.24, 2.45) is 0 Å². The molecule has 13 heteroatoms. The average molecular weight is 530 g/mol. The first-order valence-electron chi connectivity index (χ1n) is 1.37. The molecule has 0 aliphatic carbocycles. The molecule has 0 radical (unpaired) electrons. The largest absolute Gasteiger partial charge is 2.00 e. The van der Waals surface area contributed by atoms with Gasteiger partial charge in [0.25, 0.3) is 0 Å². The van der Waals surface area contributed by atoms with E-state index < -0.39 is 29.8 Å². The minimum absolute atomic E-state index is 0. The van der Waals surface area contributed by atoms with Gasteiger partial charge in [0.1, 0.15) is 0 Å². The Morgan fingerprint density at radius 2 is 0.923 bits per heavy atom. The van der Waals surface area contributed by atoms with E-state index in [-0.39, 0.29) is 81.6 Å². The molecule has 0 fully saturated rings. The fourth-order valence-electron chi connectivity index (χ4n) is 0.109. The van der Waals surface area contributed by atoms with Gasteiger partial charge in [-0.2, -0.15) is 0 Å². The van der Waals surface area contributed by atoms with E-state index in [1.807, 2.05) is 0 Å². The SMILES string of the molecule is O=S(=O)(O)[Se]S(=O)(=O)O.[Cd+2].[Cd+2].[S-2].[S-2]. The summed E-state index contributed by atoms with van der Waals surface area (Å²) in [5, 5.41) is 0. The van der Waals surface area contributed by atoms with Gasteiger partial charge in [0.05, 0.1) is 0 Å². The van der Waals surface area contributed by atoms with E-state index in [1.165, 1.54) is 0 Å². The van der Waals surface area contributed by atoms with Gasteiger partial charge >= 0.3 is 110 Å². The number of hydrogen-bond acceptors (Lipinski definition) is 4. The first kappa shape index (κ1) is 29.7. The monoisotopic (exact) mass is 534 g/mol. The predicted octanol–water partition coefficient (Wildman–Crippen LogP) is -1.71. The molecule has 0 spiro atoms. The van der Waals surface area contributed by atoms with Gasteiger partial charge in [-0.15, -0.1) is 0 Å². The zero-order chi connectivity index (χ0) is 7.71. The van der Waals surface area contributed by atoms with Gasteiger partial charge < -0.3 is 27.0 Å². The van der Waals surface area contributed by atoms with E-state index in [9.17, 15) is 16.8 Å². The van der Waals surface area contributed by atoms with Crippen LogP contribution < -0.4 is 0 Å². The summed E-state index contributed by atoms with van der Waals surface area (Å²) in [4.78, 5) is 0. The van der Waals surface area contributed by atoms with Crippen molar-refractivity contribution in [1.82, 2.24) is 0 Å². The van der Waals surface area contributed by atoms with Crippen LogP contribution in [0.15, 0.2) is 0 Å². The summed E-state index contributed by atoms with van der Waals surface area (Å²) in [6, 6.07) is 0. The Hall–Kier alpha value is 2.88. The first-order valence-corrected chi connectivity index (χ1v) is 8.29. The summed E-state index contributed by atoms with van der Waals surface area (Å²) >= 11 is -2.19. The molecule has 0 saturated carbocycles. The summed E-state index contributed by atoms with van der Waals surface area (Å²) < 4.78 is 54.4. The van der Waals surface area contributed by atoms with Crippen molar-refractivity contribution >= 4 is 56.8 Å². The molecule has 0 aliphatic rings. The quantitative estimate of drug-likeness (QED) is 0.326. The van der Waals surface area contributed by atoms with Gasteiger partial charge in [-0.3, -0.25) is 0 Å². The smallest absolute Gasteiger partial charge is 2.00 e. The first-order chi connectivity index (χ1) is 3.71. The Bertz CT molecular complexity index is 248. The fraction of sp³-hybridized carbons (Fsp3) is 0. The maximum Gasteiger partial charge on any atom is 2.00 e. The van der Waals surface area contributed by atoms with Crippen LogP contribution in [0.25, 0.3) is 0 Å². The van der Waals surface area contributed by atoms with E-state index >= 15 is 0 Å². The second-order valence-corrected chi connectivity index (χ2v) is 11.1. The van der Waals surface area contributed by atoms with Crippen LogP contribution in [0, 0.1) is 0 Å². The molecule has 0 bridgehead atoms. The third kappa shape index (κ3) is 31.3.